The molecule has 1 heteroatoms. The second-order valence-electron chi connectivity index (χ2n) is 14.4. The number of benzene rings is 10. The maximum atomic E-state index is 2.49. The fourth-order valence-corrected chi connectivity index (χ4v) is 9.02. The molecular weight excluding hydrogens is 651 g/mol. The Morgan fingerprint density at radius 2 is 0.852 bits per heavy atom. The smallest absolute Gasteiger partial charge is 0.0543 e. The van der Waals surface area contributed by atoms with E-state index in [2.05, 4.69) is 205 Å². The van der Waals surface area contributed by atoms with Gasteiger partial charge in [-0.1, -0.05) is 176 Å². The summed E-state index contributed by atoms with van der Waals surface area (Å²) in [6, 6.07) is 73.8. The summed E-state index contributed by atoms with van der Waals surface area (Å²) in [6.45, 7) is 0. The molecule has 0 fully saturated rings. The minimum Gasteiger partial charge on any atom is -0.309 e. The third-order valence-corrected chi connectivity index (χ3v) is 11.4. The Morgan fingerprint density at radius 1 is 0.315 bits per heavy atom. The van der Waals surface area contributed by atoms with Gasteiger partial charge < -0.3 is 4.90 Å². The molecule has 0 bridgehead atoms. The summed E-state index contributed by atoms with van der Waals surface area (Å²) in [6.07, 6.45) is 0.945. The van der Waals surface area contributed by atoms with Gasteiger partial charge in [-0.05, 0) is 107 Å². The molecule has 0 N–H and O–H groups in total. The van der Waals surface area contributed by atoms with Crippen molar-refractivity contribution in [2.75, 3.05) is 4.90 Å². The first-order chi connectivity index (χ1) is 26.8. The van der Waals surface area contributed by atoms with Crippen LogP contribution in [-0.2, 0) is 6.42 Å². The molecule has 1 nitrogen and oxygen atoms in total. The van der Waals surface area contributed by atoms with Crippen molar-refractivity contribution >= 4 is 60.2 Å². The Kier molecular flexibility index (Phi) is 7.00. The maximum Gasteiger partial charge on any atom is 0.0543 e. The minimum absolute atomic E-state index is 0.945. The van der Waals surface area contributed by atoms with E-state index in [4.69, 9.17) is 0 Å². The highest BCUT2D eigenvalue weighted by Gasteiger charge is 2.27. The quantitative estimate of drug-likeness (QED) is 0.163. The monoisotopic (exact) mass is 685 g/mol. The van der Waals surface area contributed by atoms with Crippen LogP contribution in [-0.4, -0.2) is 0 Å². The average Bonchev–Trinajstić information content (AvgIpc) is 3.63. The molecule has 10 aromatic rings. The maximum absolute atomic E-state index is 2.49. The molecule has 1 aliphatic rings. The van der Waals surface area contributed by atoms with Crippen LogP contribution in [0.2, 0.25) is 0 Å². The lowest BCUT2D eigenvalue weighted by Gasteiger charge is -2.30. The van der Waals surface area contributed by atoms with Gasteiger partial charge in [0, 0.05) is 16.8 Å². The number of hydrogen-bond acceptors (Lipinski definition) is 1. The lowest BCUT2D eigenvalue weighted by molar-refractivity contribution is 1.24. The van der Waals surface area contributed by atoms with Crippen molar-refractivity contribution in [2.24, 2.45) is 0 Å². The van der Waals surface area contributed by atoms with Gasteiger partial charge >= 0.3 is 0 Å². The van der Waals surface area contributed by atoms with E-state index in [1.807, 2.05) is 0 Å². The van der Waals surface area contributed by atoms with Crippen molar-refractivity contribution in [1.29, 1.82) is 0 Å². The summed E-state index contributed by atoms with van der Waals surface area (Å²) < 4.78 is 0. The van der Waals surface area contributed by atoms with E-state index in [0.717, 1.165) is 17.8 Å². The van der Waals surface area contributed by atoms with E-state index in [9.17, 15) is 0 Å². The molecule has 0 saturated heterocycles. The summed E-state index contributed by atoms with van der Waals surface area (Å²) in [5, 5.41) is 10.2. The highest BCUT2D eigenvalue weighted by molar-refractivity contribution is 6.24. The summed E-state index contributed by atoms with van der Waals surface area (Å²) in [7, 11) is 0. The SMILES string of the molecule is c1ccc2c(c1)Cc1cccc(N(c3ccc(-c4cccc5ccc6ccc7ccccc7c6c45)cc3)c3ccccc3-c3cccc4ccccc34)c1-2. The Bertz CT molecular complexity index is 3070. The summed E-state index contributed by atoms with van der Waals surface area (Å²) in [5.74, 6) is 0. The molecule has 0 aromatic heterocycles. The van der Waals surface area contributed by atoms with Gasteiger partial charge in [-0.3, -0.25) is 0 Å². The van der Waals surface area contributed by atoms with Gasteiger partial charge in [-0.2, -0.15) is 0 Å². The third kappa shape index (κ3) is 4.79. The van der Waals surface area contributed by atoms with Crippen molar-refractivity contribution in [3.8, 4) is 33.4 Å². The molecule has 54 heavy (non-hydrogen) atoms. The first kappa shape index (κ1) is 30.6. The van der Waals surface area contributed by atoms with Crippen molar-refractivity contribution in [1.82, 2.24) is 0 Å². The van der Waals surface area contributed by atoms with Crippen LogP contribution < -0.4 is 4.90 Å². The molecular formula is C53H35N. The Labute approximate surface area is 315 Å². The first-order valence-electron chi connectivity index (χ1n) is 18.8. The number of para-hydroxylation sites is 1. The number of fused-ring (bicyclic) bond motifs is 9. The summed E-state index contributed by atoms with van der Waals surface area (Å²) in [5.41, 5.74) is 13.7. The predicted octanol–water partition coefficient (Wildman–Crippen LogP) is 14.7. The number of nitrogens with zero attached hydrogens (tertiary/aromatic N) is 1. The van der Waals surface area contributed by atoms with E-state index < -0.39 is 0 Å². The van der Waals surface area contributed by atoms with E-state index in [1.54, 1.807) is 0 Å². The summed E-state index contributed by atoms with van der Waals surface area (Å²) >= 11 is 0. The fourth-order valence-electron chi connectivity index (χ4n) is 9.02. The minimum atomic E-state index is 0.945. The second-order valence-corrected chi connectivity index (χ2v) is 14.4. The lowest BCUT2D eigenvalue weighted by Crippen LogP contribution is -2.12. The molecule has 0 amide bonds. The normalized spacial score (nSPS) is 12.0. The molecule has 11 rings (SSSR count). The van der Waals surface area contributed by atoms with Crippen LogP contribution in [0.1, 0.15) is 11.1 Å². The molecule has 1 aliphatic carbocycles. The number of rotatable bonds is 5. The Balaban J connectivity index is 1.14. The van der Waals surface area contributed by atoms with Crippen LogP contribution >= 0.6 is 0 Å². The molecule has 10 aromatic carbocycles. The van der Waals surface area contributed by atoms with Crippen LogP contribution in [0.5, 0.6) is 0 Å². The zero-order valence-corrected chi connectivity index (χ0v) is 29.7. The van der Waals surface area contributed by atoms with Crippen LogP contribution in [0.4, 0.5) is 17.1 Å². The lowest BCUT2D eigenvalue weighted by atomic mass is 9.91. The van der Waals surface area contributed by atoms with Crippen LogP contribution in [0.25, 0.3) is 76.5 Å². The molecule has 0 atom stereocenters. The standard InChI is InChI=1S/C53H35N/c1-4-18-43-35(12-1)15-9-23-47(43)48-21-7-8-24-49(48)54(50-25-11-17-41-34-40-14-3-6-20-46(40)51(41)50)42-32-30-37(31-33-42)45-22-10-16-38-28-29-39-27-26-36-13-2-5-19-44(36)53(39)52(38)45/h1-33H,34H2. The van der Waals surface area contributed by atoms with E-state index in [-0.39, 0.29) is 0 Å². The highest BCUT2D eigenvalue weighted by Crippen LogP contribution is 2.50. The van der Waals surface area contributed by atoms with Gasteiger partial charge in [0.1, 0.15) is 0 Å². The molecule has 0 unspecified atom stereocenters. The Hall–Kier alpha value is -6.96. The second kappa shape index (κ2) is 12.3. The van der Waals surface area contributed by atoms with Gasteiger partial charge in [-0.25, -0.2) is 0 Å². The molecule has 0 spiro atoms. The largest absolute Gasteiger partial charge is 0.309 e. The molecule has 252 valence electrons. The topological polar surface area (TPSA) is 3.24 Å². The van der Waals surface area contributed by atoms with Gasteiger partial charge in [0.15, 0.2) is 0 Å². The van der Waals surface area contributed by atoms with E-state index in [0.29, 0.717) is 0 Å². The first-order valence-corrected chi connectivity index (χ1v) is 18.8. The van der Waals surface area contributed by atoms with Gasteiger partial charge in [-0.15, -0.1) is 0 Å². The number of hydrogen-bond donors (Lipinski definition) is 0. The third-order valence-electron chi connectivity index (χ3n) is 11.4. The molecule has 0 radical (unpaired) electrons. The van der Waals surface area contributed by atoms with Crippen LogP contribution in [0.15, 0.2) is 200 Å². The van der Waals surface area contributed by atoms with Gasteiger partial charge in [0.2, 0.25) is 0 Å². The zero-order valence-electron chi connectivity index (χ0n) is 29.7. The number of anilines is 3. The summed E-state index contributed by atoms with van der Waals surface area (Å²) in [4.78, 5) is 2.49. The fraction of sp³-hybridized carbons (Fsp3) is 0.0189. The van der Waals surface area contributed by atoms with E-state index >= 15 is 0 Å². The van der Waals surface area contributed by atoms with Crippen LogP contribution in [0, 0.1) is 0 Å². The van der Waals surface area contributed by atoms with Gasteiger partial charge in [0.05, 0.1) is 11.4 Å². The van der Waals surface area contributed by atoms with Crippen LogP contribution in [0.3, 0.4) is 0 Å². The molecule has 0 saturated carbocycles. The predicted molar refractivity (Wildman–Crippen MR) is 230 cm³/mol. The van der Waals surface area contributed by atoms with Crippen molar-refractivity contribution in [3.63, 3.8) is 0 Å². The zero-order chi connectivity index (χ0) is 35.6. The molecule has 0 aliphatic heterocycles. The van der Waals surface area contributed by atoms with E-state index in [1.165, 1.54) is 93.3 Å². The van der Waals surface area contributed by atoms with Crippen molar-refractivity contribution in [3.05, 3.63) is 211 Å². The van der Waals surface area contributed by atoms with Crippen molar-refractivity contribution in [2.45, 2.75) is 6.42 Å². The van der Waals surface area contributed by atoms with Crippen molar-refractivity contribution < 1.29 is 0 Å². The highest BCUT2D eigenvalue weighted by atomic mass is 15.1. The Morgan fingerprint density at radius 3 is 1.69 bits per heavy atom. The van der Waals surface area contributed by atoms with Gasteiger partial charge in [0.25, 0.3) is 0 Å². The molecule has 0 heterocycles. The average molecular weight is 686 g/mol.